The molecule has 3 rings (SSSR count). The van der Waals surface area contributed by atoms with Gasteiger partial charge in [0.2, 0.25) is 0 Å². The molecule has 2 N–H and O–H groups in total. The number of carbonyl (C=O) groups excluding carboxylic acids is 1. The SMILES string of the molecule is Cc1ccc(-c2[nH]ncc2C=NNC(=O)c2cccs2)cc1. The lowest BCUT2D eigenvalue weighted by atomic mass is 10.1. The van der Waals surface area contributed by atoms with Crippen LogP contribution in [0.2, 0.25) is 0 Å². The van der Waals surface area contributed by atoms with Gasteiger partial charge in [0.05, 0.1) is 23.0 Å². The molecule has 0 unspecified atom stereocenters. The van der Waals surface area contributed by atoms with Crippen LogP contribution in [0.4, 0.5) is 0 Å². The Morgan fingerprint density at radius 2 is 2.14 bits per heavy atom. The second-order valence-corrected chi connectivity index (χ2v) is 5.69. The fourth-order valence-electron chi connectivity index (χ4n) is 1.97. The van der Waals surface area contributed by atoms with Gasteiger partial charge in [0.1, 0.15) is 0 Å². The Labute approximate surface area is 131 Å². The topological polar surface area (TPSA) is 70.1 Å². The number of aromatic amines is 1. The van der Waals surface area contributed by atoms with Gasteiger partial charge in [-0.1, -0.05) is 35.9 Å². The number of hydrogen-bond donors (Lipinski definition) is 2. The zero-order valence-electron chi connectivity index (χ0n) is 11.9. The Bertz CT molecular complexity index is 788. The lowest BCUT2D eigenvalue weighted by Crippen LogP contribution is -2.16. The number of aryl methyl sites for hydroxylation is 1. The Morgan fingerprint density at radius 3 is 2.86 bits per heavy atom. The second-order valence-electron chi connectivity index (χ2n) is 4.74. The summed E-state index contributed by atoms with van der Waals surface area (Å²) in [7, 11) is 0. The van der Waals surface area contributed by atoms with Crippen LogP contribution in [0.3, 0.4) is 0 Å². The summed E-state index contributed by atoms with van der Waals surface area (Å²) in [6.45, 7) is 2.04. The molecule has 6 heteroatoms. The minimum atomic E-state index is -0.216. The molecule has 0 aliphatic heterocycles. The predicted molar refractivity (Wildman–Crippen MR) is 88.1 cm³/mol. The molecular formula is C16H14N4OS. The molecule has 110 valence electrons. The molecule has 0 spiro atoms. The molecule has 2 heterocycles. The van der Waals surface area contributed by atoms with E-state index in [-0.39, 0.29) is 5.91 Å². The zero-order valence-corrected chi connectivity index (χ0v) is 12.7. The van der Waals surface area contributed by atoms with Crippen molar-refractivity contribution in [3.63, 3.8) is 0 Å². The highest BCUT2D eigenvalue weighted by Crippen LogP contribution is 2.20. The van der Waals surface area contributed by atoms with Gasteiger partial charge in [0.25, 0.3) is 5.91 Å². The van der Waals surface area contributed by atoms with Crippen molar-refractivity contribution < 1.29 is 4.79 Å². The predicted octanol–water partition coefficient (Wildman–Crippen LogP) is 3.21. The van der Waals surface area contributed by atoms with Crippen molar-refractivity contribution in [1.29, 1.82) is 0 Å². The highest BCUT2D eigenvalue weighted by Gasteiger charge is 2.07. The first-order chi connectivity index (χ1) is 10.7. The van der Waals surface area contributed by atoms with Gasteiger partial charge >= 0.3 is 0 Å². The molecule has 0 aliphatic carbocycles. The quantitative estimate of drug-likeness (QED) is 0.574. The van der Waals surface area contributed by atoms with Crippen molar-refractivity contribution in [3.8, 4) is 11.3 Å². The van der Waals surface area contributed by atoms with E-state index in [2.05, 4.69) is 20.7 Å². The summed E-state index contributed by atoms with van der Waals surface area (Å²) in [6, 6.07) is 11.7. The molecule has 0 fully saturated rings. The van der Waals surface area contributed by atoms with Gasteiger partial charge in [0, 0.05) is 11.1 Å². The van der Waals surface area contributed by atoms with Gasteiger partial charge in [-0.2, -0.15) is 10.2 Å². The van der Waals surface area contributed by atoms with Crippen LogP contribution in [0.15, 0.2) is 53.1 Å². The molecule has 1 aromatic carbocycles. The number of nitrogens with zero attached hydrogens (tertiary/aromatic N) is 2. The number of benzene rings is 1. The number of carbonyl (C=O) groups is 1. The molecule has 2 aromatic heterocycles. The number of rotatable bonds is 4. The molecule has 1 amide bonds. The summed E-state index contributed by atoms with van der Waals surface area (Å²) >= 11 is 1.38. The first-order valence-electron chi connectivity index (χ1n) is 6.71. The summed E-state index contributed by atoms with van der Waals surface area (Å²) in [6.07, 6.45) is 3.26. The number of thiophene rings is 1. The van der Waals surface area contributed by atoms with Crippen LogP contribution in [0.1, 0.15) is 20.8 Å². The van der Waals surface area contributed by atoms with E-state index < -0.39 is 0 Å². The normalized spacial score (nSPS) is 11.0. The van der Waals surface area contributed by atoms with Crippen molar-refractivity contribution in [3.05, 3.63) is 64.0 Å². The van der Waals surface area contributed by atoms with Crippen LogP contribution in [-0.2, 0) is 0 Å². The summed E-state index contributed by atoms with van der Waals surface area (Å²) in [5.74, 6) is -0.216. The van der Waals surface area contributed by atoms with Gasteiger partial charge in [-0.05, 0) is 18.4 Å². The van der Waals surface area contributed by atoms with Crippen molar-refractivity contribution >= 4 is 23.5 Å². The van der Waals surface area contributed by atoms with Gasteiger partial charge in [-0.25, -0.2) is 5.43 Å². The molecule has 0 saturated carbocycles. The van der Waals surface area contributed by atoms with Gasteiger partial charge in [-0.3, -0.25) is 9.89 Å². The van der Waals surface area contributed by atoms with E-state index in [1.54, 1.807) is 18.5 Å². The molecule has 0 radical (unpaired) electrons. The highest BCUT2D eigenvalue weighted by molar-refractivity contribution is 7.12. The molecule has 0 atom stereocenters. The molecule has 3 aromatic rings. The van der Waals surface area contributed by atoms with Crippen LogP contribution >= 0.6 is 11.3 Å². The van der Waals surface area contributed by atoms with Crippen LogP contribution in [0, 0.1) is 6.92 Å². The highest BCUT2D eigenvalue weighted by atomic mass is 32.1. The fourth-order valence-corrected chi connectivity index (χ4v) is 2.58. The molecule has 0 aliphatic rings. The van der Waals surface area contributed by atoms with E-state index in [0.717, 1.165) is 16.8 Å². The Balaban J connectivity index is 1.74. The average molecular weight is 310 g/mol. The lowest BCUT2D eigenvalue weighted by Gasteiger charge is -2.00. The van der Waals surface area contributed by atoms with E-state index in [9.17, 15) is 4.79 Å². The minimum Gasteiger partial charge on any atom is -0.277 e. The van der Waals surface area contributed by atoms with Gasteiger partial charge < -0.3 is 0 Å². The third-order valence-corrected chi connectivity index (χ3v) is 3.99. The first kappa shape index (κ1) is 14.2. The van der Waals surface area contributed by atoms with Crippen LogP contribution < -0.4 is 5.43 Å². The summed E-state index contributed by atoms with van der Waals surface area (Å²) in [5.41, 5.74) is 6.41. The number of H-pyrrole nitrogens is 1. The van der Waals surface area contributed by atoms with E-state index >= 15 is 0 Å². The monoisotopic (exact) mass is 310 g/mol. The third kappa shape index (κ3) is 3.12. The average Bonchev–Trinajstić information content (AvgIpc) is 3.19. The number of hydrogen-bond acceptors (Lipinski definition) is 4. The van der Waals surface area contributed by atoms with E-state index in [1.807, 2.05) is 42.6 Å². The summed E-state index contributed by atoms with van der Waals surface area (Å²) in [5, 5.41) is 12.8. The van der Waals surface area contributed by atoms with E-state index in [1.165, 1.54) is 16.9 Å². The molecule has 0 bridgehead atoms. The standard InChI is InChI=1S/C16H14N4OS/c1-11-4-6-12(7-5-11)15-13(9-17-19-15)10-18-20-16(21)14-3-2-8-22-14/h2-10H,1H3,(H,17,19)(H,20,21). The Hall–Kier alpha value is -2.73. The number of aromatic nitrogens is 2. The van der Waals surface area contributed by atoms with Crippen LogP contribution in [0.25, 0.3) is 11.3 Å². The van der Waals surface area contributed by atoms with Gasteiger partial charge in [-0.15, -0.1) is 11.3 Å². The van der Waals surface area contributed by atoms with Crippen molar-refractivity contribution in [2.45, 2.75) is 6.92 Å². The molecular weight excluding hydrogens is 296 g/mol. The largest absolute Gasteiger partial charge is 0.281 e. The smallest absolute Gasteiger partial charge is 0.277 e. The maximum absolute atomic E-state index is 11.8. The summed E-state index contributed by atoms with van der Waals surface area (Å²) in [4.78, 5) is 12.4. The molecule has 0 saturated heterocycles. The molecule has 5 nitrogen and oxygen atoms in total. The number of amides is 1. The van der Waals surface area contributed by atoms with Crippen LogP contribution in [0.5, 0.6) is 0 Å². The van der Waals surface area contributed by atoms with E-state index in [0.29, 0.717) is 4.88 Å². The second kappa shape index (κ2) is 6.36. The van der Waals surface area contributed by atoms with Gasteiger partial charge in [0.15, 0.2) is 0 Å². The number of nitrogens with one attached hydrogen (secondary N) is 2. The van der Waals surface area contributed by atoms with Crippen molar-refractivity contribution in [1.82, 2.24) is 15.6 Å². The first-order valence-corrected chi connectivity index (χ1v) is 7.59. The van der Waals surface area contributed by atoms with Crippen molar-refractivity contribution in [2.24, 2.45) is 5.10 Å². The summed E-state index contributed by atoms with van der Waals surface area (Å²) < 4.78 is 0. The minimum absolute atomic E-state index is 0.216. The fraction of sp³-hybridized carbons (Fsp3) is 0.0625. The van der Waals surface area contributed by atoms with E-state index in [4.69, 9.17) is 0 Å². The number of hydrazone groups is 1. The lowest BCUT2D eigenvalue weighted by molar-refractivity contribution is 0.0959. The maximum Gasteiger partial charge on any atom is 0.281 e. The van der Waals surface area contributed by atoms with Crippen molar-refractivity contribution in [2.75, 3.05) is 0 Å². The van der Waals surface area contributed by atoms with Crippen LogP contribution in [-0.4, -0.2) is 22.3 Å². The zero-order chi connectivity index (χ0) is 15.4. The Morgan fingerprint density at radius 1 is 1.32 bits per heavy atom. The Kier molecular flexibility index (Phi) is 4.11. The molecule has 22 heavy (non-hydrogen) atoms. The third-order valence-electron chi connectivity index (χ3n) is 3.12. The maximum atomic E-state index is 11.8.